The highest BCUT2D eigenvalue weighted by Crippen LogP contribution is 2.25. The molecule has 0 atom stereocenters. The molecular weight excluding hydrogens is 500 g/mol. The quantitative estimate of drug-likeness (QED) is 0.367. The minimum Gasteiger partial charge on any atom is -0.326 e. The van der Waals surface area contributed by atoms with Gasteiger partial charge in [-0.3, -0.25) is 14.2 Å². The Kier molecular flexibility index (Phi) is 6.42. The second-order valence-electron chi connectivity index (χ2n) is 7.14. The van der Waals surface area contributed by atoms with E-state index >= 15 is 0 Å². The van der Waals surface area contributed by atoms with E-state index in [-0.39, 0.29) is 20.0 Å². The molecule has 0 aliphatic heterocycles. The number of rotatable bonds is 5. The predicted molar refractivity (Wildman–Crippen MR) is 133 cm³/mol. The minimum atomic E-state index is -4.04. The number of hydrogen-bond donors (Lipinski definition) is 3. The summed E-state index contributed by atoms with van der Waals surface area (Å²) in [4.78, 5) is 36.3. The molecule has 0 saturated carbocycles. The van der Waals surface area contributed by atoms with Crippen LogP contribution in [0, 0.1) is 0 Å². The molecule has 0 saturated heterocycles. The fourth-order valence-electron chi connectivity index (χ4n) is 3.21. The first-order valence-corrected chi connectivity index (χ1v) is 12.4. The van der Waals surface area contributed by atoms with Crippen molar-refractivity contribution in [3.8, 4) is 5.69 Å². The number of urea groups is 1. The van der Waals surface area contributed by atoms with Crippen molar-refractivity contribution >= 4 is 67.0 Å². The Morgan fingerprint density at radius 1 is 0.941 bits per heavy atom. The molecule has 4 rings (SSSR count). The Hall–Kier alpha value is -3.67. The van der Waals surface area contributed by atoms with Gasteiger partial charge in [0.25, 0.3) is 15.6 Å². The van der Waals surface area contributed by atoms with Crippen LogP contribution in [0.5, 0.6) is 0 Å². The first-order chi connectivity index (χ1) is 16.1. The predicted octanol–water partition coefficient (Wildman–Crippen LogP) is 4.17. The number of carbonyl (C=O) groups is 2. The van der Waals surface area contributed by atoms with Gasteiger partial charge in [0, 0.05) is 35.6 Å². The fourth-order valence-corrected chi connectivity index (χ4v) is 5.60. The first-order valence-electron chi connectivity index (χ1n) is 9.75. The van der Waals surface area contributed by atoms with Crippen LogP contribution in [0.15, 0.2) is 75.9 Å². The standard InChI is InChI=1S/C22H17ClN4O5S2/c1-13(28)24-16-4-7-18-14(12-16)10-11-27(21(18)29)17-5-2-15(3-6-17)25-22(30)26-34(31,32)20-9-8-19(23)33-20/h2-12H,1H3,(H,24,28)(H2,25,26,30). The van der Waals surface area contributed by atoms with Crippen LogP contribution in [0.3, 0.4) is 0 Å². The number of anilines is 2. The lowest BCUT2D eigenvalue weighted by Gasteiger charge is -2.11. The van der Waals surface area contributed by atoms with Crippen molar-refractivity contribution in [1.29, 1.82) is 0 Å². The SMILES string of the molecule is CC(=O)Nc1ccc2c(=O)n(-c3ccc(NC(=O)NS(=O)(=O)c4ccc(Cl)s4)cc3)ccc2c1. The number of sulfonamides is 1. The molecule has 9 nitrogen and oxygen atoms in total. The summed E-state index contributed by atoms with van der Waals surface area (Å²) < 4.78 is 28.0. The van der Waals surface area contributed by atoms with Gasteiger partial charge < -0.3 is 10.6 Å². The van der Waals surface area contributed by atoms with Gasteiger partial charge in [-0.1, -0.05) is 11.6 Å². The molecule has 2 aromatic heterocycles. The maximum Gasteiger partial charge on any atom is 0.333 e. The van der Waals surface area contributed by atoms with Crippen LogP contribution in [0.1, 0.15) is 6.92 Å². The summed E-state index contributed by atoms with van der Waals surface area (Å²) in [6, 6.07) is 14.9. The van der Waals surface area contributed by atoms with Gasteiger partial charge in [0.2, 0.25) is 5.91 Å². The lowest BCUT2D eigenvalue weighted by atomic mass is 10.1. The number of aromatic nitrogens is 1. The molecular formula is C22H17ClN4O5S2. The maximum absolute atomic E-state index is 12.9. The van der Waals surface area contributed by atoms with Crippen molar-refractivity contribution in [1.82, 2.24) is 9.29 Å². The van der Waals surface area contributed by atoms with Gasteiger partial charge in [0.15, 0.2) is 0 Å². The Labute approximate surface area is 203 Å². The molecule has 174 valence electrons. The van der Waals surface area contributed by atoms with Crippen molar-refractivity contribution in [3.63, 3.8) is 0 Å². The van der Waals surface area contributed by atoms with E-state index in [1.807, 2.05) is 4.72 Å². The first kappa shape index (κ1) is 23.5. The van der Waals surface area contributed by atoms with Crippen molar-refractivity contribution in [3.05, 3.63) is 81.6 Å². The number of benzene rings is 2. The van der Waals surface area contributed by atoms with Gasteiger partial charge in [0.1, 0.15) is 4.21 Å². The molecule has 0 spiro atoms. The maximum atomic E-state index is 12.9. The van der Waals surface area contributed by atoms with Crippen LogP contribution in [-0.4, -0.2) is 24.9 Å². The molecule has 0 aliphatic rings. The van der Waals surface area contributed by atoms with Crippen molar-refractivity contribution < 1.29 is 18.0 Å². The van der Waals surface area contributed by atoms with Crippen LogP contribution in [0.25, 0.3) is 16.5 Å². The molecule has 4 aromatic rings. The number of amides is 3. The van der Waals surface area contributed by atoms with Crippen molar-refractivity contribution in [2.24, 2.45) is 0 Å². The van der Waals surface area contributed by atoms with Gasteiger partial charge in [-0.2, -0.15) is 0 Å². The largest absolute Gasteiger partial charge is 0.333 e. The molecule has 0 fully saturated rings. The number of pyridine rings is 1. The average molecular weight is 517 g/mol. The summed E-state index contributed by atoms with van der Waals surface area (Å²) in [6.07, 6.45) is 1.61. The van der Waals surface area contributed by atoms with E-state index in [1.165, 1.54) is 23.6 Å². The van der Waals surface area contributed by atoms with E-state index in [9.17, 15) is 22.8 Å². The minimum absolute atomic E-state index is 0.0807. The normalized spacial score (nSPS) is 11.2. The third kappa shape index (κ3) is 5.11. The molecule has 3 N–H and O–H groups in total. The van der Waals surface area contributed by atoms with Crippen LogP contribution in [0.4, 0.5) is 16.2 Å². The zero-order chi connectivity index (χ0) is 24.5. The molecule has 0 unspecified atom stereocenters. The zero-order valence-corrected chi connectivity index (χ0v) is 19.9. The summed E-state index contributed by atoms with van der Waals surface area (Å²) in [7, 11) is -4.04. The van der Waals surface area contributed by atoms with E-state index in [4.69, 9.17) is 11.6 Å². The molecule has 2 heterocycles. The number of nitrogens with zero attached hydrogens (tertiary/aromatic N) is 1. The Morgan fingerprint density at radius 3 is 2.29 bits per heavy atom. The summed E-state index contributed by atoms with van der Waals surface area (Å²) in [6.45, 7) is 1.41. The van der Waals surface area contributed by atoms with Gasteiger partial charge in [-0.15, -0.1) is 11.3 Å². The highest BCUT2D eigenvalue weighted by Gasteiger charge is 2.19. The number of fused-ring (bicyclic) bond motifs is 1. The second kappa shape index (κ2) is 9.29. The molecule has 34 heavy (non-hydrogen) atoms. The Bertz CT molecular complexity index is 1580. The molecule has 12 heteroatoms. The van der Waals surface area contributed by atoms with Gasteiger partial charge in [-0.25, -0.2) is 17.9 Å². The van der Waals surface area contributed by atoms with E-state index in [0.29, 0.717) is 27.8 Å². The second-order valence-corrected chi connectivity index (χ2v) is 10.8. The average Bonchev–Trinajstić information content (AvgIpc) is 3.21. The lowest BCUT2D eigenvalue weighted by molar-refractivity contribution is -0.114. The number of nitrogens with one attached hydrogen (secondary N) is 3. The van der Waals surface area contributed by atoms with Gasteiger partial charge in [0.05, 0.1) is 4.34 Å². The summed E-state index contributed by atoms with van der Waals surface area (Å²) >= 11 is 6.58. The molecule has 0 radical (unpaired) electrons. The monoisotopic (exact) mass is 516 g/mol. The van der Waals surface area contributed by atoms with Crippen LogP contribution in [0.2, 0.25) is 4.34 Å². The third-order valence-electron chi connectivity index (χ3n) is 4.67. The number of carbonyl (C=O) groups excluding carboxylic acids is 2. The molecule has 2 aromatic carbocycles. The summed E-state index contributed by atoms with van der Waals surface area (Å²) in [5.41, 5.74) is 1.21. The smallest absolute Gasteiger partial charge is 0.326 e. The fraction of sp³-hybridized carbons (Fsp3) is 0.0455. The van der Waals surface area contributed by atoms with E-state index in [1.54, 1.807) is 54.7 Å². The molecule has 0 bridgehead atoms. The lowest BCUT2D eigenvalue weighted by Crippen LogP contribution is -2.33. The van der Waals surface area contributed by atoms with Crippen LogP contribution < -0.4 is 20.9 Å². The Balaban J connectivity index is 1.51. The van der Waals surface area contributed by atoms with Crippen molar-refractivity contribution in [2.75, 3.05) is 10.6 Å². The van der Waals surface area contributed by atoms with Gasteiger partial charge in [-0.05, 0) is 66.0 Å². The Morgan fingerprint density at radius 2 is 1.65 bits per heavy atom. The van der Waals surface area contributed by atoms with Crippen LogP contribution >= 0.6 is 22.9 Å². The topological polar surface area (TPSA) is 126 Å². The third-order valence-corrected chi connectivity index (χ3v) is 7.72. The van der Waals surface area contributed by atoms with Gasteiger partial charge >= 0.3 is 6.03 Å². The highest BCUT2D eigenvalue weighted by atomic mass is 35.5. The van der Waals surface area contributed by atoms with E-state index < -0.39 is 16.1 Å². The van der Waals surface area contributed by atoms with Crippen LogP contribution in [-0.2, 0) is 14.8 Å². The number of halogens is 1. The zero-order valence-electron chi connectivity index (χ0n) is 17.5. The highest BCUT2D eigenvalue weighted by molar-refractivity contribution is 7.92. The molecule has 0 aliphatic carbocycles. The summed E-state index contributed by atoms with van der Waals surface area (Å²) in [5.74, 6) is -0.205. The summed E-state index contributed by atoms with van der Waals surface area (Å²) in [5, 5.41) is 6.26. The van der Waals surface area contributed by atoms with Crippen molar-refractivity contribution in [2.45, 2.75) is 11.1 Å². The number of thiophene rings is 1. The molecule has 3 amide bonds. The van der Waals surface area contributed by atoms with E-state index in [2.05, 4.69) is 10.6 Å². The number of hydrogen-bond acceptors (Lipinski definition) is 6. The van der Waals surface area contributed by atoms with E-state index in [0.717, 1.165) is 11.3 Å².